The molecular formula is C36H41N5O12S2. The van der Waals surface area contributed by atoms with Gasteiger partial charge in [0.1, 0.15) is 27.1 Å². The van der Waals surface area contributed by atoms with Crippen molar-refractivity contribution in [3.05, 3.63) is 65.7 Å². The van der Waals surface area contributed by atoms with Gasteiger partial charge in [0.25, 0.3) is 20.2 Å². The largest absolute Gasteiger partial charge is 0.505 e. The van der Waals surface area contributed by atoms with E-state index >= 15 is 0 Å². The first kappa shape index (κ1) is 42.1. The molecule has 2 amide bonds. The van der Waals surface area contributed by atoms with E-state index in [1.807, 2.05) is 12.1 Å². The summed E-state index contributed by atoms with van der Waals surface area (Å²) in [5.41, 5.74) is 8.14. The van der Waals surface area contributed by atoms with Gasteiger partial charge >= 0.3 is 12.1 Å². The predicted octanol–water partition coefficient (Wildman–Crippen LogP) is 6.50. The Bertz CT molecular complexity index is 2430. The second-order valence-corrected chi connectivity index (χ2v) is 16.1. The first-order valence-corrected chi connectivity index (χ1v) is 19.5. The third-order valence-corrected chi connectivity index (χ3v) is 9.78. The quantitative estimate of drug-likeness (QED) is 0.0387. The third kappa shape index (κ3) is 10.5. The molecule has 0 saturated carbocycles. The van der Waals surface area contributed by atoms with Gasteiger partial charge in [-0.1, -0.05) is 18.2 Å². The molecule has 0 fully saturated rings. The fourth-order valence-corrected chi connectivity index (χ4v) is 6.87. The summed E-state index contributed by atoms with van der Waals surface area (Å²) in [6.07, 6.45) is -0.934. The second-order valence-electron chi connectivity index (χ2n) is 13.4. The molecule has 4 rings (SSSR count). The van der Waals surface area contributed by atoms with Crippen LogP contribution in [-0.4, -0.2) is 67.3 Å². The Kier molecular flexibility index (Phi) is 12.6. The maximum atomic E-state index is 12.9. The zero-order chi connectivity index (χ0) is 41.0. The van der Waals surface area contributed by atoms with Crippen LogP contribution in [0.2, 0.25) is 0 Å². The van der Waals surface area contributed by atoms with Gasteiger partial charge in [-0.05, 0) is 107 Å². The van der Waals surface area contributed by atoms with E-state index in [0.29, 0.717) is 23.0 Å². The first-order chi connectivity index (χ1) is 25.5. The number of phenols is 1. The van der Waals surface area contributed by atoms with E-state index in [-0.39, 0.29) is 36.4 Å². The molecule has 55 heavy (non-hydrogen) atoms. The number of nitrogens with one attached hydrogen (secondary N) is 2. The SMILES string of the molecule is CCOC(=O)C(CCC(=O)Nc1ccc(-c2ccc(N=Nc3ccc4c(S(=O)(=O)O)cc(S(=O)(=O)O)c(N)c4c3O)c(C)c2)cc1C)NC(=O)OC(C)(C)C. The highest BCUT2D eigenvalue weighted by Gasteiger charge is 2.28. The Labute approximate surface area is 317 Å². The predicted molar refractivity (Wildman–Crippen MR) is 203 cm³/mol. The van der Waals surface area contributed by atoms with Gasteiger partial charge in [0.15, 0.2) is 5.75 Å². The molecule has 0 spiro atoms. The number of carbonyl (C=O) groups excluding carboxylic acids is 3. The standard InChI is InChI=1S/C36H41N5O12S2/c1-7-52-34(44)27(39-35(45)53-36(4,5)6)14-15-30(42)38-24-11-8-21(16-19(24)2)22-9-12-25(20(3)17-22)40-41-26-13-10-23-28(54(46,47)48)18-29(55(49,50)51)32(37)31(23)33(26)43/h8-13,16-18,27,43H,7,14-15,37H2,1-6H3,(H,38,42)(H,39,45)(H,46,47,48)(H,49,50,51). The van der Waals surface area contributed by atoms with Crippen LogP contribution in [0.15, 0.2) is 74.6 Å². The second kappa shape index (κ2) is 16.4. The van der Waals surface area contributed by atoms with E-state index in [9.17, 15) is 45.4 Å². The van der Waals surface area contributed by atoms with Crippen molar-refractivity contribution in [2.24, 2.45) is 10.2 Å². The average Bonchev–Trinajstić information content (AvgIpc) is 3.05. The molecule has 4 aromatic carbocycles. The van der Waals surface area contributed by atoms with Crippen LogP contribution in [0, 0.1) is 13.8 Å². The molecular weight excluding hydrogens is 759 g/mol. The Morgan fingerprint density at radius 1 is 0.855 bits per heavy atom. The zero-order valence-corrected chi connectivity index (χ0v) is 32.3. The summed E-state index contributed by atoms with van der Waals surface area (Å²) in [5.74, 6) is -1.82. The number of carbonyl (C=O) groups is 3. The molecule has 0 aromatic heterocycles. The van der Waals surface area contributed by atoms with Crippen molar-refractivity contribution in [1.29, 1.82) is 0 Å². The van der Waals surface area contributed by atoms with E-state index in [4.69, 9.17) is 15.2 Å². The maximum absolute atomic E-state index is 12.9. The normalized spacial score (nSPS) is 12.7. The van der Waals surface area contributed by atoms with Gasteiger partial charge in [0.05, 0.1) is 23.4 Å². The Balaban J connectivity index is 1.51. The van der Waals surface area contributed by atoms with Crippen LogP contribution in [-0.2, 0) is 39.3 Å². The number of aromatic hydroxyl groups is 1. The molecule has 0 radical (unpaired) electrons. The number of hydrogen-bond acceptors (Lipinski definition) is 13. The molecule has 0 saturated heterocycles. The summed E-state index contributed by atoms with van der Waals surface area (Å²) in [5, 5.41) is 23.7. The molecule has 0 heterocycles. The first-order valence-electron chi connectivity index (χ1n) is 16.6. The van der Waals surface area contributed by atoms with Crippen LogP contribution in [0.3, 0.4) is 0 Å². The van der Waals surface area contributed by atoms with Crippen molar-refractivity contribution in [3.63, 3.8) is 0 Å². The zero-order valence-electron chi connectivity index (χ0n) is 30.7. The van der Waals surface area contributed by atoms with Crippen LogP contribution in [0.5, 0.6) is 5.75 Å². The molecule has 294 valence electrons. The van der Waals surface area contributed by atoms with Crippen molar-refractivity contribution in [1.82, 2.24) is 5.32 Å². The van der Waals surface area contributed by atoms with Crippen molar-refractivity contribution in [2.75, 3.05) is 17.7 Å². The van der Waals surface area contributed by atoms with E-state index in [1.165, 1.54) is 6.07 Å². The highest BCUT2D eigenvalue weighted by molar-refractivity contribution is 7.87. The number of azo groups is 1. The Morgan fingerprint density at radius 2 is 1.44 bits per heavy atom. The third-order valence-electron chi connectivity index (χ3n) is 7.99. The number of nitrogen functional groups attached to an aromatic ring is 1. The summed E-state index contributed by atoms with van der Waals surface area (Å²) in [6.45, 7) is 10.3. The molecule has 17 nitrogen and oxygen atoms in total. The molecule has 4 aromatic rings. The van der Waals surface area contributed by atoms with Gasteiger partial charge in [0.2, 0.25) is 5.91 Å². The number of ether oxygens (including phenoxy) is 2. The summed E-state index contributed by atoms with van der Waals surface area (Å²) in [4.78, 5) is 35.6. The monoisotopic (exact) mass is 799 g/mol. The molecule has 1 atom stereocenters. The number of rotatable bonds is 12. The van der Waals surface area contributed by atoms with Gasteiger partial charge in [-0.2, -0.15) is 21.9 Å². The molecule has 7 N–H and O–H groups in total. The van der Waals surface area contributed by atoms with Gasteiger partial charge in [-0.3, -0.25) is 13.9 Å². The smallest absolute Gasteiger partial charge is 0.408 e. The van der Waals surface area contributed by atoms with Gasteiger partial charge in [-0.25, -0.2) is 9.59 Å². The van der Waals surface area contributed by atoms with Gasteiger partial charge in [-0.15, -0.1) is 5.11 Å². The summed E-state index contributed by atoms with van der Waals surface area (Å²) in [6, 6.07) is 12.3. The van der Waals surface area contributed by atoms with E-state index in [2.05, 4.69) is 20.9 Å². The van der Waals surface area contributed by atoms with Crippen molar-refractivity contribution in [3.8, 4) is 16.9 Å². The number of amides is 2. The summed E-state index contributed by atoms with van der Waals surface area (Å²) in [7, 11) is -10.1. The number of nitrogens with two attached hydrogens (primary N) is 1. The minimum Gasteiger partial charge on any atom is -0.505 e. The van der Waals surface area contributed by atoms with Crippen LogP contribution in [0.25, 0.3) is 21.9 Å². The lowest BCUT2D eigenvalue weighted by molar-refractivity contribution is -0.145. The van der Waals surface area contributed by atoms with Crippen LogP contribution in [0.4, 0.5) is 27.5 Å². The van der Waals surface area contributed by atoms with Gasteiger partial charge < -0.3 is 30.9 Å². The lowest BCUT2D eigenvalue weighted by Gasteiger charge is -2.22. The van der Waals surface area contributed by atoms with Crippen LogP contribution >= 0.6 is 0 Å². The molecule has 0 aliphatic carbocycles. The topological polar surface area (TPSA) is 273 Å². The maximum Gasteiger partial charge on any atom is 0.408 e. The fourth-order valence-electron chi connectivity index (χ4n) is 5.43. The van der Waals surface area contributed by atoms with Crippen molar-refractivity contribution in [2.45, 2.75) is 75.8 Å². The van der Waals surface area contributed by atoms with Crippen molar-refractivity contribution >= 4 is 71.7 Å². The molecule has 0 aliphatic heterocycles. The molecule has 0 aliphatic rings. The average molecular weight is 800 g/mol. The number of nitrogens with zero attached hydrogens (tertiary/aromatic N) is 2. The number of aryl methyl sites for hydroxylation is 2. The van der Waals surface area contributed by atoms with Crippen LogP contribution < -0.4 is 16.4 Å². The number of benzene rings is 4. The summed E-state index contributed by atoms with van der Waals surface area (Å²) < 4.78 is 77.3. The van der Waals surface area contributed by atoms with Crippen molar-refractivity contribution < 1.29 is 54.9 Å². The molecule has 1 unspecified atom stereocenters. The Morgan fingerprint density at radius 3 is 2.00 bits per heavy atom. The number of alkyl carbamates (subject to hydrolysis) is 1. The summed E-state index contributed by atoms with van der Waals surface area (Å²) >= 11 is 0. The number of phenolic OH excluding ortho intramolecular Hbond substituents is 1. The van der Waals surface area contributed by atoms with E-state index < -0.39 is 70.6 Å². The lowest BCUT2D eigenvalue weighted by Crippen LogP contribution is -2.44. The number of esters is 1. The number of fused-ring (bicyclic) bond motifs is 1. The fraction of sp³-hybridized carbons (Fsp3) is 0.306. The lowest BCUT2D eigenvalue weighted by atomic mass is 10.00. The van der Waals surface area contributed by atoms with Crippen LogP contribution in [0.1, 0.15) is 51.7 Å². The molecule has 19 heteroatoms. The minimum absolute atomic E-state index is 0.0253. The van der Waals surface area contributed by atoms with E-state index in [0.717, 1.165) is 22.8 Å². The van der Waals surface area contributed by atoms with E-state index in [1.54, 1.807) is 65.8 Å². The number of hydrogen-bond donors (Lipinski definition) is 6. The number of anilines is 2. The highest BCUT2D eigenvalue weighted by Crippen LogP contribution is 2.44. The highest BCUT2D eigenvalue weighted by atomic mass is 32.2. The van der Waals surface area contributed by atoms with Gasteiger partial charge in [0, 0.05) is 17.5 Å². The Hall–Kier alpha value is -5.63. The minimum atomic E-state index is -5.07. The molecule has 0 bridgehead atoms.